The molecule has 0 saturated carbocycles. The quantitative estimate of drug-likeness (QED) is 0.606. The lowest BCUT2D eigenvalue weighted by Crippen LogP contribution is -2.23. The van der Waals surface area contributed by atoms with E-state index in [-0.39, 0.29) is 18.0 Å². The maximum atomic E-state index is 12.2. The third kappa shape index (κ3) is 3.81. The van der Waals surface area contributed by atoms with Gasteiger partial charge in [0.25, 0.3) is 0 Å². The zero-order valence-corrected chi connectivity index (χ0v) is 12.1. The van der Waals surface area contributed by atoms with Gasteiger partial charge in [-0.1, -0.05) is 20.8 Å². The Hall–Kier alpha value is -1.84. The molecule has 4 heteroatoms. The summed E-state index contributed by atoms with van der Waals surface area (Å²) < 4.78 is 10.2. The van der Waals surface area contributed by atoms with Gasteiger partial charge in [-0.15, -0.1) is 0 Å². The normalized spacial score (nSPS) is 11.0. The number of methoxy groups -OCH3 is 2. The van der Waals surface area contributed by atoms with E-state index in [1.807, 2.05) is 0 Å². The summed E-state index contributed by atoms with van der Waals surface area (Å²) in [7, 11) is 3.01. The molecule has 0 aromatic heterocycles. The van der Waals surface area contributed by atoms with Gasteiger partial charge in [0, 0.05) is 5.41 Å². The zero-order chi connectivity index (χ0) is 14.6. The van der Waals surface area contributed by atoms with Gasteiger partial charge in [0.05, 0.1) is 26.2 Å². The van der Waals surface area contributed by atoms with Crippen LogP contribution in [-0.4, -0.2) is 25.8 Å². The summed E-state index contributed by atoms with van der Waals surface area (Å²) in [6.45, 7) is 5.39. The van der Waals surface area contributed by atoms with Crippen LogP contribution in [0.15, 0.2) is 18.2 Å². The molecule has 0 aliphatic rings. The van der Waals surface area contributed by atoms with Crippen molar-refractivity contribution in [3.05, 3.63) is 23.8 Å². The Kier molecular flexibility index (Phi) is 4.70. The second-order valence-electron chi connectivity index (χ2n) is 5.34. The van der Waals surface area contributed by atoms with E-state index in [9.17, 15) is 9.59 Å². The number of ether oxygens (including phenoxy) is 2. The van der Waals surface area contributed by atoms with Crippen LogP contribution in [0.2, 0.25) is 0 Å². The average Bonchev–Trinajstić information content (AvgIpc) is 2.36. The van der Waals surface area contributed by atoms with Crippen molar-refractivity contribution in [1.29, 1.82) is 0 Å². The molecular formula is C15H20O4. The topological polar surface area (TPSA) is 52.6 Å². The SMILES string of the molecule is COc1ccc(OC)c(C(=O)CC(=O)C(C)(C)C)c1. The molecule has 0 N–H and O–H groups in total. The highest BCUT2D eigenvalue weighted by atomic mass is 16.5. The number of hydrogen-bond acceptors (Lipinski definition) is 4. The highest BCUT2D eigenvalue weighted by Crippen LogP contribution is 2.26. The smallest absolute Gasteiger partial charge is 0.174 e. The van der Waals surface area contributed by atoms with E-state index in [0.29, 0.717) is 17.1 Å². The molecule has 0 fully saturated rings. The molecule has 0 spiro atoms. The number of ketones is 2. The summed E-state index contributed by atoms with van der Waals surface area (Å²) in [4.78, 5) is 24.1. The third-order valence-corrected chi connectivity index (χ3v) is 2.86. The Balaban J connectivity index is 3.01. The largest absolute Gasteiger partial charge is 0.497 e. The fourth-order valence-electron chi connectivity index (χ4n) is 1.54. The van der Waals surface area contributed by atoms with Gasteiger partial charge in [-0.25, -0.2) is 0 Å². The molecule has 1 rings (SSSR count). The van der Waals surface area contributed by atoms with Crippen LogP contribution in [0.1, 0.15) is 37.6 Å². The summed E-state index contributed by atoms with van der Waals surface area (Å²) in [6, 6.07) is 4.96. The fourth-order valence-corrected chi connectivity index (χ4v) is 1.54. The van der Waals surface area contributed by atoms with E-state index in [2.05, 4.69) is 0 Å². The molecule has 0 unspecified atom stereocenters. The van der Waals surface area contributed by atoms with Crippen molar-refractivity contribution in [2.24, 2.45) is 5.41 Å². The van der Waals surface area contributed by atoms with Crippen LogP contribution in [0.3, 0.4) is 0 Å². The molecule has 0 amide bonds. The van der Waals surface area contributed by atoms with Crippen LogP contribution < -0.4 is 9.47 Å². The summed E-state index contributed by atoms with van der Waals surface area (Å²) >= 11 is 0. The van der Waals surface area contributed by atoms with Gasteiger partial charge in [0.1, 0.15) is 17.3 Å². The van der Waals surface area contributed by atoms with Crippen LogP contribution >= 0.6 is 0 Å². The number of Topliss-reactive ketones (excluding diaryl/α,β-unsaturated/α-hetero) is 2. The maximum Gasteiger partial charge on any atom is 0.174 e. The lowest BCUT2D eigenvalue weighted by Gasteiger charge is -2.16. The van der Waals surface area contributed by atoms with Crippen molar-refractivity contribution in [2.75, 3.05) is 14.2 Å². The summed E-state index contributed by atoms with van der Waals surface area (Å²) in [6.07, 6.45) is -0.132. The molecule has 4 nitrogen and oxygen atoms in total. The molecule has 0 bridgehead atoms. The second kappa shape index (κ2) is 5.87. The molecule has 0 aliphatic carbocycles. The van der Waals surface area contributed by atoms with Gasteiger partial charge in [-0.3, -0.25) is 9.59 Å². The lowest BCUT2D eigenvalue weighted by molar-refractivity contribution is -0.125. The van der Waals surface area contributed by atoms with Crippen LogP contribution in [0.4, 0.5) is 0 Å². The molecular weight excluding hydrogens is 244 g/mol. The monoisotopic (exact) mass is 264 g/mol. The van der Waals surface area contributed by atoms with Crippen molar-refractivity contribution in [3.8, 4) is 11.5 Å². The standard InChI is InChI=1S/C15H20O4/c1-15(2,3)14(17)9-12(16)11-8-10(18-4)6-7-13(11)19-5/h6-8H,9H2,1-5H3. The summed E-state index contributed by atoms with van der Waals surface area (Å²) in [5.41, 5.74) is -0.152. The highest BCUT2D eigenvalue weighted by Gasteiger charge is 2.25. The second-order valence-corrected chi connectivity index (χ2v) is 5.34. The van der Waals surface area contributed by atoms with E-state index in [0.717, 1.165) is 0 Å². The molecule has 104 valence electrons. The Morgan fingerprint density at radius 2 is 1.74 bits per heavy atom. The van der Waals surface area contributed by atoms with Crippen molar-refractivity contribution in [1.82, 2.24) is 0 Å². The van der Waals surface area contributed by atoms with Crippen molar-refractivity contribution >= 4 is 11.6 Å². The number of carbonyl (C=O) groups excluding carboxylic acids is 2. The molecule has 0 atom stereocenters. The Bertz CT molecular complexity index is 483. The van der Waals surface area contributed by atoms with Gasteiger partial charge in [0.2, 0.25) is 0 Å². The van der Waals surface area contributed by atoms with Crippen molar-refractivity contribution in [2.45, 2.75) is 27.2 Å². The number of carbonyl (C=O) groups is 2. The minimum Gasteiger partial charge on any atom is -0.497 e. The van der Waals surface area contributed by atoms with E-state index in [1.54, 1.807) is 39.0 Å². The first kappa shape index (κ1) is 15.2. The minimum atomic E-state index is -0.526. The maximum absolute atomic E-state index is 12.2. The summed E-state index contributed by atoms with van der Waals surface area (Å²) in [5, 5.41) is 0. The molecule has 0 radical (unpaired) electrons. The molecule has 1 aromatic carbocycles. The number of hydrogen-bond donors (Lipinski definition) is 0. The predicted molar refractivity (Wildman–Crippen MR) is 73.0 cm³/mol. The van der Waals surface area contributed by atoms with Crippen LogP contribution in [-0.2, 0) is 4.79 Å². The molecule has 0 heterocycles. The van der Waals surface area contributed by atoms with Gasteiger partial charge in [-0.05, 0) is 18.2 Å². The fraction of sp³-hybridized carbons (Fsp3) is 0.467. The molecule has 19 heavy (non-hydrogen) atoms. The van der Waals surface area contributed by atoms with Crippen LogP contribution in [0.5, 0.6) is 11.5 Å². The van der Waals surface area contributed by atoms with E-state index in [4.69, 9.17) is 9.47 Å². The van der Waals surface area contributed by atoms with Gasteiger partial charge in [0.15, 0.2) is 5.78 Å². The van der Waals surface area contributed by atoms with Gasteiger partial charge >= 0.3 is 0 Å². The van der Waals surface area contributed by atoms with Crippen LogP contribution in [0, 0.1) is 5.41 Å². The Labute approximate surface area is 113 Å². The van der Waals surface area contributed by atoms with Crippen molar-refractivity contribution in [3.63, 3.8) is 0 Å². The first-order valence-electron chi connectivity index (χ1n) is 6.08. The van der Waals surface area contributed by atoms with E-state index >= 15 is 0 Å². The van der Waals surface area contributed by atoms with E-state index < -0.39 is 5.41 Å². The summed E-state index contributed by atoms with van der Waals surface area (Å²) in [5.74, 6) is 0.665. The minimum absolute atomic E-state index is 0.0950. The number of rotatable bonds is 5. The average molecular weight is 264 g/mol. The highest BCUT2D eigenvalue weighted by molar-refractivity contribution is 6.10. The predicted octanol–water partition coefficient (Wildman–Crippen LogP) is 2.89. The first-order chi connectivity index (χ1) is 8.79. The molecule has 0 aliphatic heterocycles. The van der Waals surface area contributed by atoms with Crippen LogP contribution in [0.25, 0.3) is 0 Å². The zero-order valence-electron chi connectivity index (χ0n) is 12.1. The molecule has 1 aromatic rings. The molecule has 0 saturated heterocycles. The van der Waals surface area contributed by atoms with Gasteiger partial charge < -0.3 is 9.47 Å². The third-order valence-electron chi connectivity index (χ3n) is 2.86. The first-order valence-corrected chi connectivity index (χ1v) is 6.08. The van der Waals surface area contributed by atoms with Crippen molar-refractivity contribution < 1.29 is 19.1 Å². The Morgan fingerprint density at radius 3 is 2.21 bits per heavy atom. The number of benzene rings is 1. The lowest BCUT2D eigenvalue weighted by atomic mass is 9.87. The van der Waals surface area contributed by atoms with Gasteiger partial charge in [-0.2, -0.15) is 0 Å². The van der Waals surface area contributed by atoms with E-state index in [1.165, 1.54) is 14.2 Å². The Morgan fingerprint density at radius 1 is 1.11 bits per heavy atom.